The van der Waals surface area contributed by atoms with E-state index in [-0.39, 0.29) is 5.25 Å². The molecule has 0 fully saturated rings. The Hall–Kier alpha value is -2.27. The molecule has 0 spiro atoms. The minimum atomic E-state index is 0.0888. The van der Waals surface area contributed by atoms with Crippen LogP contribution < -0.4 is 4.74 Å². The Bertz CT molecular complexity index is 828. The molecule has 0 amide bonds. The van der Waals surface area contributed by atoms with Crippen LogP contribution in [0.3, 0.4) is 0 Å². The summed E-state index contributed by atoms with van der Waals surface area (Å²) in [5.74, 6) is 1.96. The summed E-state index contributed by atoms with van der Waals surface area (Å²) in [6.45, 7) is 6.30. The molecule has 0 saturated heterocycles. The highest BCUT2D eigenvalue weighted by Crippen LogP contribution is 2.37. The summed E-state index contributed by atoms with van der Waals surface area (Å²) >= 11 is 1.73. The highest BCUT2D eigenvalue weighted by atomic mass is 32.2. The zero-order chi connectivity index (χ0) is 17.1. The molecule has 0 bridgehead atoms. The van der Waals surface area contributed by atoms with Crippen molar-refractivity contribution < 1.29 is 9.15 Å². The largest absolute Gasteiger partial charge is 0.497 e. The Balaban J connectivity index is 1.76. The topological polar surface area (TPSA) is 48.2 Å². The Morgan fingerprint density at radius 1 is 1.04 bits per heavy atom. The maximum atomic E-state index is 5.86. The first-order valence-corrected chi connectivity index (χ1v) is 8.66. The zero-order valence-electron chi connectivity index (χ0n) is 14.2. The predicted octanol–water partition coefficient (Wildman–Crippen LogP) is 5.22. The maximum absolute atomic E-state index is 5.86. The molecule has 0 unspecified atom stereocenters. The molecule has 3 rings (SSSR count). The van der Waals surface area contributed by atoms with Crippen LogP contribution in [0.4, 0.5) is 0 Å². The van der Waals surface area contributed by atoms with Gasteiger partial charge in [-0.2, -0.15) is 0 Å². The normalized spacial score (nSPS) is 12.2. The lowest BCUT2D eigenvalue weighted by atomic mass is 10.2. The molecular weight excluding hydrogens is 320 g/mol. The third kappa shape index (κ3) is 3.62. The minimum absolute atomic E-state index is 0.0888. The second-order valence-electron chi connectivity index (χ2n) is 5.70. The Morgan fingerprint density at radius 3 is 2.46 bits per heavy atom. The van der Waals surface area contributed by atoms with Crippen molar-refractivity contribution in [1.82, 2.24) is 10.2 Å². The number of aryl methyl sites for hydroxylation is 2. The van der Waals surface area contributed by atoms with Gasteiger partial charge in [-0.15, -0.1) is 22.0 Å². The second kappa shape index (κ2) is 7.09. The molecule has 0 saturated carbocycles. The number of methoxy groups -OCH3 is 1. The molecule has 124 valence electrons. The summed E-state index contributed by atoms with van der Waals surface area (Å²) in [4.78, 5) is 1.23. The van der Waals surface area contributed by atoms with E-state index in [1.54, 1.807) is 18.9 Å². The summed E-state index contributed by atoms with van der Waals surface area (Å²) in [6, 6.07) is 14.0. The Kier molecular flexibility index (Phi) is 4.90. The van der Waals surface area contributed by atoms with Crippen LogP contribution in [0.2, 0.25) is 0 Å². The molecule has 1 heterocycles. The SMILES string of the molecule is COc1ccc(-c2nnc([C@@H](C)Sc3ccc(C)cc3C)o2)cc1. The van der Waals surface area contributed by atoms with Crippen LogP contribution in [0, 0.1) is 13.8 Å². The van der Waals surface area contributed by atoms with Crippen LogP contribution in [0.15, 0.2) is 51.8 Å². The van der Waals surface area contributed by atoms with Gasteiger partial charge < -0.3 is 9.15 Å². The van der Waals surface area contributed by atoms with E-state index < -0.39 is 0 Å². The molecule has 24 heavy (non-hydrogen) atoms. The van der Waals surface area contributed by atoms with Gasteiger partial charge >= 0.3 is 0 Å². The van der Waals surface area contributed by atoms with E-state index in [9.17, 15) is 0 Å². The summed E-state index contributed by atoms with van der Waals surface area (Å²) in [7, 11) is 1.64. The van der Waals surface area contributed by atoms with E-state index in [2.05, 4.69) is 49.2 Å². The molecule has 2 aromatic carbocycles. The van der Waals surface area contributed by atoms with Crippen LogP contribution in [-0.2, 0) is 0 Å². The van der Waals surface area contributed by atoms with Gasteiger partial charge in [0.2, 0.25) is 11.8 Å². The number of aromatic nitrogens is 2. The first kappa shape index (κ1) is 16.6. The van der Waals surface area contributed by atoms with Gasteiger partial charge in [-0.25, -0.2) is 0 Å². The van der Waals surface area contributed by atoms with Gasteiger partial charge in [0.05, 0.1) is 12.4 Å². The lowest BCUT2D eigenvalue weighted by molar-refractivity contribution is 0.415. The summed E-state index contributed by atoms with van der Waals surface area (Å²) in [5, 5.41) is 8.47. The maximum Gasteiger partial charge on any atom is 0.247 e. The van der Waals surface area contributed by atoms with E-state index in [1.807, 2.05) is 24.3 Å². The smallest absolute Gasteiger partial charge is 0.247 e. The first-order valence-electron chi connectivity index (χ1n) is 7.78. The zero-order valence-corrected chi connectivity index (χ0v) is 15.1. The molecule has 0 radical (unpaired) electrons. The number of benzene rings is 2. The lowest BCUT2D eigenvalue weighted by Gasteiger charge is -2.10. The van der Waals surface area contributed by atoms with Gasteiger partial charge in [0, 0.05) is 10.5 Å². The van der Waals surface area contributed by atoms with Crippen molar-refractivity contribution in [3.05, 3.63) is 59.5 Å². The van der Waals surface area contributed by atoms with Crippen LogP contribution >= 0.6 is 11.8 Å². The number of ether oxygens (including phenoxy) is 1. The van der Waals surface area contributed by atoms with Crippen molar-refractivity contribution in [3.63, 3.8) is 0 Å². The average Bonchev–Trinajstić information content (AvgIpc) is 3.07. The van der Waals surface area contributed by atoms with Gasteiger partial charge in [-0.05, 0) is 56.7 Å². The molecule has 3 aromatic rings. The first-order chi connectivity index (χ1) is 11.6. The average molecular weight is 340 g/mol. The van der Waals surface area contributed by atoms with Crippen molar-refractivity contribution in [2.75, 3.05) is 7.11 Å². The number of thioether (sulfide) groups is 1. The monoisotopic (exact) mass is 340 g/mol. The molecule has 0 aliphatic carbocycles. The highest BCUT2D eigenvalue weighted by molar-refractivity contribution is 7.99. The van der Waals surface area contributed by atoms with Gasteiger partial charge in [0.15, 0.2) is 0 Å². The van der Waals surface area contributed by atoms with Gasteiger partial charge in [0.1, 0.15) is 5.75 Å². The highest BCUT2D eigenvalue weighted by Gasteiger charge is 2.17. The van der Waals surface area contributed by atoms with Gasteiger partial charge in [-0.1, -0.05) is 17.7 Å². The Labute approximate surface area is 146 Å². The van der Waals surface area contributed by atoms with E-state index >= 15 is 0 Å². The third-order valence-corrected chi connectivity index (χ3v) is 5.03. The van der Waals surface area contributed by atoms with Crippen LogP contribution in [0.5, 0.6) is 5.75 Å². The van der Waals surface area contributed by atoms with Crippen molar-refractivity contribution in [1.29, 1.82) is 0 Å². The molecule has 5 heteroatoms. The van der Waals surface area contributed by atoms with Crippen LogP contribution in [0.1, 0.15) is 29.2 Å². The molecule has 1 atom stereocenters. The van der Waals surface area contributed by atoms with Crippen LogP contribution in [0.25, 0.3) is 11.5 Å². The van der Waals surface area contributed by atoms with E-state index in [4.69, 9.17) is 9.15 Å². The lowest BCUT2D eigenvalue weighted by Crippen LogP contribution is -1.90. The number of hydrogen-bond donors (Lipinski definition) is 0. The fraction of sp³-hybridized carbons (Fsp3) is 0.263. The molecule has 1 aromatic heterocycles. The second-order valence-corrected chi connectivity index (χ2v) is 7.09. The molecule has 0 aliphatic heterocycles. The summed E-state index contributed by atoms with van der Waals surface area (Å²) < 4.78 is 11.0. The van der Waals surface area contributed by atoms with E-state index in [1.165, 1.54) is 16.0 Å². The standard InChI is InChI=1S/C19H20N2O2S/c1-12-5-10-17(13(2)11-12)24-14(3)18-20-21-19(23-18)15-6-8-16(22-4)9-7-15/h5-11,14H,1-4H3/t14-/m1/s1. The van der Waals surface area contributed by atoms with Gasteiger partial charge in [-0.3, -0.25) is 0 Å². The fourth-order valence-electron chi connectivity index (χ4n) is 2.42. The fourth-order valence-corrected chi connectivity index (χ4v) is 3.39. The van der Waals surface area contributed by atoms with Gasteiger partial charge in [0.25, 0.3) is 0 Å². The number of hydrogen-bond acceptors (Lipinski definition) is 5. The summed E-state index contributed by atoms with van der Waals surface area (Å²) in [6.07, 6.45) is 0. The van der Waals surface area contributed by atoms with Crippen molar-refractivity contribution in [3.8, 4) is 17.2 Å². The molecule has 0 aliphatic rings. The molecular formula is C19H20N2O2S. The van der Waals surface area contributed by atoms with Crippen molar-refractivity contribution >= 4 is 11.8 Å². The Morgan fingerprint density at radius 2 is 1.79 bits per heavy atom. The number of nitrogens with zero attached hydrogens (tertiary/aromatic N) is 2. The molecule has 0 N–H and O–H groups in total. The number of rotatable bonds is 5. The minimum Gasteiger partial charge on any atom is -0.497 e. The molecule has 4 nitrogen and oxygen atoms in total. The van der Waals surface area contributed by atoms with E-state index in [0.29, 0.717) is 11.8 Å². The predicted molar refractivity (Wildman–Crippen MR) is 96.5 cm³/mol. The van der Waals surface area contributed by atoms with Crippen molar-refractivity contribution in [2.24, 2.45) is 0 Å². The van der Waals surface area contributed by atoms with Crippen molar-refractivity contribution in [2.45, 2.75) is 30.9 Å². The quantitative estimate of drug-likeness (QED) is 0.596. The van der Waals surface area contributed by atoms with Crippen LogP contribution in [-0.4, -0.2) is 17.3 Å². The summed E-state index contributed by atoms with van der Waals surface area (Å²) in [5.41, 5.74) is 3.42. The third-order valence-electron chi connectivity index (χ3n) is 3.76. The van der Waals surface area contributed by atoms with E-state index in [0.717, 1.165) is 11.3 Å².